The van der Waals surface area contributed by atoms with Gasteiger partial charge in [-0.25, -0.2) is 0 Å². The van der Waals surface area contributed by atoms with Gasteiger partial charge in [-0.3, -0.25) is 0 Å². The van der Waals surface area contributed by atoms with Crippen LogP contribution in [0.4, 0.5) is 0 Å². The Hall–Kier alpha value is -0.0400. The van der Waals surface area contributed by atoms with Crippen LogP contribution in [0, 0.1) is 12.8 Å². The zero-order chi connectivity index (χ0) is 7.28. The SMILES string of the molecule is [CH2]CCC(CC)C(C)O. The van der Waals surface area contributed by atoms with Crippen molar-refractivity contribution in [1.82, 2.24) is 0 Å². The quantitative estimate of drug-likeness (QED) is 0.615. The van der Waals surface area contributed by atoms with Crippen LogP contribution in [0.1, 0.15) is 33.1 Å². The van der Waals surface area contributed by atoms with Crippen molar-refractivity contribution >= 4 is 0 Å². The summed E-state index contributed by atoms with van der Waals surface area (Å²) in [6, 6.07) is 0. The van der Waals surface area contributed by atoms with Gasteiger partial charge in [0.2, 0.25) is 0 Å². The zero-order valence-electron chi connectivity index (χ0n) is 6.43. The maximum Gasteiger partial charge on any atom is 0.0540 e. The minimum atomic E-state index is -0.156. The van der Waals surface area contributed by atoms with Crippen LogP contribution in [0.2, 0.25) is 0 Å². The molecule has 0 aromatic rings. The smallest absolute Gasteiger partial charge is 0.0540 e. The Bertz CT molecular complexity index is 59.6. The third-order valence-corrected chi connectivity index (χ3v) is 1.78. The fourth-order valence-corrected chi connectivity index (χ4v) is 1.05. The van der Waals surface area contributed by atoms with E-state index in [9.17, 15) is 0 Å². The molecule has 0 spiro atoms. The molecule has 1 nitrogen and oxygen atoms in total. The van der Waals surface area contributed by atoms with Gasteiger partial charge in [-0.05, 0) is 19.3 Å². The molecule has 0 aliphatic heterocycles. The Morgan fingerprint density at radius 2 is 2.11 bits per heavy atom. The molecule has 0 aromatic carbocycles. The first-order valence-electron chi connectivity index (χ1n) is 3.69. The highest BCUT2D eigenvalue weighted by molar-refractivity contribution is 4.63. The first-order chi connectivity index (χ1) is 4.22. The lowest BCUT2D eigenvalue weighted by Crippen LogP contribution is -2.15. The predicted octanol–water partition coefficient (Wildman–Crippen LogP) is 2.01. The van der Waals surface area contributed by atoms with E-state index < -0.39 is 0 Å². The summed E-state index contributed by atoms with van der Waals surface area (Å²) in [5.74, 6) is 0.461. The van der Waals surface area contributed by atoms with E-state index in [-0.39, 0.29) is 6.10 Å². The van der Waals surface area contributed by atoms with Gasteiger partial charge >= 0.3 is 0 Å². The topological polar surface area (TPSA) is 20.2 Å². The highest BCUT2D eigenvalue weighted by Gasteiger charge is 2.09. The molecule has 1 heteroatoms. The van der Waals surface area contributed by atoms with Crippen molar-refractivity contribution in [3.05, 3.63) is 6.92 Å². The fraction of sp³-hybridized carbons (Fsp3) is 0.875. The second-order valence-corrected chi connectivity index (χ2v) is 2.55. The molecular formula is C8H17O. The van der Waals surface area contributed by atoms with Gasteiger partial charge in [0.15, 0.2) is 0 Å². The lowest BCUT2D eigenvalue weighted by Gasteiger charge is -2.15. The molecule has 0 aromatic heterocycles. The molecule has 0 rings (SSSR count). The van der Waals surface area contributed by atoms with E-state index in [0.717, 1.165) is 19.3 Å². The Labute approximate surface area is 58.1 Å². The van der Waals surface area contributed by atoms with Crippen LogP contribution < -0.4 is 0 Å². The van der Waals surface area contributed by atoms with Gasteiger partial charge in [0.05, 0.1) is 6.10 Å². The van der Waals surface area contributed by atoms with Crippen molar-refractivity contribution in [1.29, 1.82) is 0 Å². The number of aliphatic hydroxyl groups is 1. The molecule has 0 bridgehead atoms. The third-order valence-electron chi connectivity index (χ3n) is 1.78. The van der Waals surface area contributed by atoms with Crippen molar-refractivity contribution in [2.24, 2.45) is 5.92 Å². The zero-order valence-corrected chi connectivity index (χ0v) is 6.43. The fourth-order valence-electron chi connectivity index (χ4n) is 1.05. The molecule has 0 aliphatic carbocycles. The standard InChI is InChI=1S/C8H17O/c1-4-6-8(5-2)7(3)9/h7-9H,1,4-6H2,2-3H3. The van der Waals surface area contributed by atoms with Gasteiger partial charge in [-0.15, -0.1) is 0 Å². The first kappa shape index (κ1) is 8.96. The molecule has 55 valence electrons. The van der Waals surface area contributed by atoms with E-state index in [4.69, 9.17) is 5.11 Å². The maximum absolute atomic E-state index is 9.12. The van der Waals surface area contributed by atoms with Crippen molar-refractivity contribution in [3.63, 3.8) is 0 Å². The van der Waals surface area contributed by atoms with E-state index in [0.29, 0.717) is 5.92 Å². The highest BCUT2D eigenvalue weighted by Crippen LogP contribution is 2.14. The van der Waals surface area contributed by atoms with Crippen molar-refractivity contribution in [2.45, 2.75) is 39.2 Å². The van der Waals surface area contributed by atoms with Gasteiger partial charge in [0, 0.05) is 0 Å². The molecule has 0 saturated heterocycles. The Morgan fingerprint density at radius 3 is 2.22 bits per heavy atom. The third kappa shape index (κ3) is 3.52. The van der Waals surface area contributed by atoms with Crippen molar-refractivity contribution in [2.75, 3.05) is 0 Å². The number of hydrogen-bond donors (Lipinski definition) is 1. The molecule has 1 N–H and O–H groups in total. The molecule has 2 atom stereocenters. The Balaban J connectivity index is 3.41. The number of hydrogen-bond acceptors (Lipinski definition) is 1. The van der Waals surface area contributed by atoms with Gasteiger partial charge in [0.25, 0.3) is 0 Å². The van der Waals surface area contributed by atoms with Crippen molar-refractivity contribution < 1.29 is 5.11 Å². The average Bonchev–Trinajstić information content (AvgIpc) is 1.82. The van der Waals surface area contributed by atoms with E-state index >= 15 is 0 Å². The average molecular weight is 129 g/mol. The molecule has 2 unspecified atom stereocenters. The van der Waals surface area contributed by atoms with E-state index in [2.05, 4.69) is 13.8 Å². The summed E-state index contributed by atoms with van der Waals surface area (Å²) >= 11 is 0. The molecule has 0 heterocycles. The molecule has 0 saturated carbocycles. The predicted molar refractivity (Wildman–Crippen MR) is 40.1 cm³/mol. The van der Waals surface area contributed by atoms with Crippen LogP contribution >= 0.6 is 0 Å². The normalized spacial score (nSPS) is 17.3. The van der Waals surface area contributed by atoms with Crippen LogP contribution in [0.5, 0.6) is 0 Å². The summed E-state index contributed by atoms with van der Waals surface area (Å²) in [6.07, 6.45) is 2.89. The Kier molecular flexibility index (Phi) is 4.78. The van der Waals surface area contributed by atoms with Crippen LogP contribution in [0.25, 0.3) is 0 Å². The molecule has 9 heavy (non-hydrogen) atoms. The summed E-state index contributed by atoms with van der Waals surface area (Å²) in [5, 5.41) is 9.12. The maximum atomic E-state index is 9.12. The van der Waals surface area contributed by atoms with E-state index in [1.54, 1.807) is 0 Å². The molecule has 1 radical (unpaired) electrons. The molecule has 0 aliphatic rings. The minimum absolute atomic E-state index is 0.156. The molecule has 0 amide bonds. The second-order valence-electron chi connectivity index (χ2n) is 2.55. The van der Waals surface area contributed by atoms with Gasteiger partial charge < -0.3 is 5.11 Å². The van der Waals surface area contributed by atoms with E-state index in [1.165, 1.54) is 0 Å². The summed E-state index contributed by atoms with van der Waals surface area (Å²) < 4.78 is 0. The van der Waals surface area contributed by atoms with Crippen LogP contribution in [0.15, 0.2) is 0 Å². The largest absolute Gasteiger partial charge is 0.393 e. The first-order valence-corrected chi connectivity index (χ1v) is 3.69. The highest BCUT2D eigenvalue weighted by atomic mass is 16.3. The van der Waals surface area contributed by atoms with Crippen LogP contribution in [-0.2, 0) is 0 Å². The Morgan fingerprint density at radius 1 is 1.56 bits per heavy atom. The summed E-state index contributed by atoms with van der Waals surface area (Å²) in [5.41, 5.74) is 0. The minimum Gasteiger partial charge on any atom is -0.393 e. The number of rotatable bonds is 4. The monoisotopic (exact) mass is 129 g/mol. The number of aliphatic hydroxyl groups excluding tert-OH is 1. The van der Waals surface area contributed by atoms with Crippen LogP contribution in [-0.4, -0.2) is 11.2 Å². The molecular weight excluding hydrogens is 112 g/mol. The van der Waals surface area contributed by atoms with Crippen molar-refractivity contribution in [3.8, 4) is 0 Å². The van der Waals surface area contributed by atoms with E-state index in [1.807, 2.05) is 6.92 Å². The second kappa shape index (κ2) is 4.80. The van der Waals surface area contributed by atoms with Gasteiger partial charge in [-0.1, -0.05) is 26.7 Å². The molecule has 0 fully saturated rings. The van der Waals surface area contributed by atoms with Gasteiger partial charge in [-0.2, -0.15) is 0 Å². The lowest BCUT2D eigenvalue weighted by atomic mass is 9.96. The van der Waals surface area contributed by atoms with Gasteiger partial charge in [0.1, 0.15) is 0 Å². The van der Waals surface area contributed by atoms with Crippen LogP contribution in [0.3, 0.4) is 0 Å². The summed E-state index contributed by atoms with van der Waals surface area (Å²) in [4.78, 5) is 0. The summed E-state index contributed by atoms with van der Waals surface area (Å²) in [6.45, 7) is 7.70. The summed E-state index contributed by atoms with van der Waals surface area (Å²) in [7, 11) is 0. The lowest BCUT2D eigenvalue weighted by molar-refractivity contribution is 0.118.